The number of carbonyl (C=O) groups excluding carboxylic acids is 1. The Bertz CT molecular complexity index is 762. The minimum Gasteiger partial charge on any atom is -0.379 e. The van der Waals surface area contributed by atoms with E-state index in [9.17, 15) is 13.2 Å². The van der Waals surface area contributed by atoms with Gasteiger partial charge in [0.2, 0.25) is 15.9 Å². The molecule has 2 aliphatic rings. The van der Waals surface area contributed by atoms with Gasteiger partial charge < -0.3 is 15.8 Å². The Kier molecular flexibility index (Phi) is 7.87. The van der Waals surface area contributed by atoms with E-state index in [0.717, 1.165) is 18.4 Å². The highest BCUT2D eigenvalue weighted by molar-refractivity contribution is 7.89. The third kappa shape index (κ3) is 5.45. The first-order chi connectivity index (χ1) is 12.8. The van der Waals surface area contributed by atoms with E-state index in [1.54, 1.807) is 24.3 Å². The molecule has 1 aromatic rings. The van der Waals surface area contributed by atoms with Gasteiger partial charge in [-0.15, -0.1) is 12.4 Å². The molecule has 1 unspecified atom stereocenters. The number of sulfonamides is 1. The number of nitrogens with zero attached hydrogens (tertiary/aromatic N) is 1. The molecule has 7 nitrogen and oxygen atoms in total. The fraction of sp³-hybridized carbons (Fsp3) is 0.632. The van der Waals surface area contributed by atoms with Crippen molar-refractivity contribution in [1.82, 2.24) is 9.62 Å². The van der Waals surface area contributed by atoms with Crippen molar-refractivity contribution in [2.24, 2.45) is 11.7 Å². The molecule has 1 aromatic carbocycles. The molecule has 2 fully saturated rings. The lowest BCUT2D eigenvalue weighted by Gasteiger charge is -2.29. The fourth-order valence-corrected chi connectivity index (χ4v) is 4.85. The molecular weight excluding hydrogens is 402 g/mol. The zero-order valence-electron chi connectivity index (χ0n) is 16.2. The van der Waals surface area contributed by atoms with Crippen molar-refractivity contribution >= 4 is 28.3 Å². The molecule has 1 atom stereocenters. The van der Waals surface area contributed by atoms with Crippen LogP contribution in [0.4, 0.5) is 0 Å². The Balaban J connectivity index is 0.00000280. The summed E-state index contributed by atoms with van der Waals surface area (Å²) in [5.41, 5.74) is 6.46. The molecule has 1 aliphatic carbocycles. The van der Waals surface area contributed by atoms with Gasteiger partial charge in [-0.1, -0.05) is 12.1 Å². The van der Waals surface area contributed by atoms with Crippen LogP contribution >= 0.6 is 12.4 Å². The number of hydrogen-bond acceptors (Lipinski definition) is 5. The third-order valence-electron chi connectivity index (χ3n) is 5.50. The largest absolute Gasteiger partial charge is 0.379 e. The van der Waals surface area contributed by atoms with Crippen molar-refractivity contribution in [1.29, 1.82) is 0 Å². The summed E-state index contributed by atoms with van der Waals surface area (Å²) in [6.07, 6.45) is 3.16. The number of ether oxygens (including phenoxy) is 1. The van der Waals surface area contributed by atoms with Crippen molar-refractivity contribution < 1.29 is 17.9 Å². The van der Waals surface area contributed by atoms with Crippen molar-refractivity contribution in [3.05, 3.63) is 29.8 Å². The molecule has 0 aromatic heterocycles. The van der Waals surface area contributed by atoms with Crippen LogP contribution in [0.2, 0.25) is 0 Å². The van der Waals surface area contributed by atoms with E-state index >= 15 is 0 Å². The SMILES string of the molecule is CC(CN)(NC(=O)CCc1ccc(S(=O)(=O)N2CCOCC2)cc1)C1CC1.Cl. The highest BCUT2D eigenvalue weighted by atomic mass is 35.5. The van der Waals surface area contributed by atoms with Crippen molar-refractivity contribution in [3.8, 4) is 0 Å². The van der Waals surface area contributed by atoms with E-state index in [1.807, 2.05) is 6.92 Å². The zero-order valence-corrected chi connectivity index (χ0v) is 17.9. The number of morpholine rings is 1. The second-order valence-corrected chi connectivity index (χ2v) is 9.54. The van der Waals surface area contributed by atoms with Gasteiger partial charge in [0.15, 0.2) is 0 Å². The smallest absolute Gasteiger partial charge is 0.243 e. The second-order valence-electron chi connectivity index (χ2n) is 7.60. The summed E-state index contributed by atoms with van der Waals surface area (Å²) in [5.74, 6) is 0.469. The lowest BCUT2D eigenvalue weighted by molar-refractivity contribution is -0.123. The number of aryl methyl sites for hydroxylation is 1. The standard InChI is InChI=1S/C19H29N3O4S.ClH/c1-19(14-20,16-5-6-16)21-18(23)9-4-15-2-7-17(8-3-15)27(24,25)22-10-12-26-13-11-22;/h2-3,7-8,16H,4-6,9-14,20H2,1H3,(H,21,23);1H. The van der Waals surface area contributed by atoms with Crippen LogP contribution in [0.5, 0.6) is 0 Å². The lowest BCUT2D eigenvalue weighted by atomic mass is 9.95. The Morgan fingerprint density at radius 2 is 1.86 bits per heavy atom. The first-order valence-electron chi connectivity index (χ1n) is 9.53. The maximum atomic E-state index is 12.6. The molecule has 1 amide bonds. The predicted octanol–water partition coefficient (Wildman–Crippen LogP) is 1.31. The number of amides is 1. The minimum atomic E-state index is -3.48. The van der Waals surface area contributed by atoms with Gasteiger partial charge in [-0.2, -0.15) is 4.31 Å². The quantitative estimate of drug-likeness (QED) is 0.646. The van der Waals surface area contributed by atoms with Crippen molar-refractivity contribution in [2.45, 2.75) is 43.0 Å². The average Bonchev–Trinajstić information content (AvgIpc) is 3.53. The Labute approximate surface area is 173 Å². The first-order valence-corrected chi connectivity index (χ1v) is 11.0. The van der Waals surface area contributed by atoms with Gasteiger partial charge in [0, 0.05) is 26.1 Å². The van der Waals surface area contributed by atoms with Gasteiger partial charge in [-0.05, 0) is 49.8 Å². The van der Waals surface area contributed by atoms with Gasteiger partial charge >= 0.3 is 0 Å². The number of benzene rings is 1. The van der Waals surface area contributed by atoms with Crippen LogP contribution in [0.1, 0.15) is 31.7 Å². The van der Waals surface area contributed by atoms with Crippen LogP contribution in [0.25, 0.3) is 0 Å². The highest BCUT2D eigenvalue weighted by Crippen LogP contribution is 2.39. The van der Waals surface area contributed by atoms with E-state index in [1.165, 1.54) is 4.31 Å². The molecule has 3 N–H and O–H groups in total. The van der Waals surface area contributed by atoms with E-state index in [4.69, 9.17) is 10.5 Å². The van der Waals surface area contributed by atoms with Crippen LogP contribution in [-0.4, -0.2) is 57.0 Å². The fourth-order valence-electron chi connectivity index (χ4n) is 3.44. The van der Waals surface area contributed by atoms with Crippen LogP contribution in [0, 0.1) is 5.92 Å². The molecule has 9 heteroatoms. The number of halogens is 1. The molecule has 0 spiro atoms. The summed E-state index contributed by atoms with van der Waals surface area (Å²) < 4.78 is 31.9. The molecule has 0 bridgehead atoms. The number of hydrogen-bond donors (Lipinski definition) is 2. The minimum absolute atomic E-state index is 0. The lowest BCUT2D eigenvalue weighted by Crippen LogP contribution is -2.53. The van der Waals surface area contributed by atoms with E-state index in [0.29, 0.717) is 51.6 Å². The van der Waals surface area contributed by atoms with Crippen LogP contribution < -0.4 is 11.1 Å². The second kappa shape index (κ2) is 9.54. The van der Waals surface area contributed by atoms with E-state index in [-0.39, 0.29) is 28.7 Å². The number of nitrogens with one attached hydrogen (secondary N) is 1. The molecule has 1 heterocycles. The Morgan fingerprint density at radius 1 is 1.25 bits per heavy atom. The Hall–Kier alpha value is -1.19. The summed E-state index contributed by atoms with van der Waals surface area (Å²) in [4.78, 5) is 12.6. The molecule has 1 aliphatic heterocycles. The van der Waals surface area contributed by atoms with Gasteiger partial charge in [-0.25, -0.2) is 8.42 Å². The molecular formula is C19H30ClN3O4S. The van der Waals surface area contributed by atoms with Crippen LogP contribution in [-0.2, 0) is 26.0 Å². The summed E-state index contributed by atoms with van der Waals surface area (Å²) in [6.45, 7) is 4.06. The highest BCUT2D eigenvalue weighted by Gasteiger charge is 2.41. The number of carbonyl (C=O) groups is 1. The molecule has 3 rings (SSSR count). The zero-order chi connectivity index (χ0) is 19.5. The van der Waals surface area contributed by atoms with Crippen LogP contribution in [0.3, 0.4) is 0 Å². The predicted molar refractivity (Wildman–Crippen MR) is 110 cm³/mol. The molecule has 0 radical (unpaired) electrons. The monoisotopic (exact) mass is 431 g/mol. The molecule has 158 valence electrons. The van der Waals surface area contributed by atoms with Crippen molar-refractivity contribution in [2.75, 3.05) is 32.8 Å². The summed E-state index contributed by atoms with van der Waals surface area (Å²) in [6, 6.07) is 6.80. The number of nitrogens with two attached hydrogens (primary N) is 1. The average molecular weight is 432 g/mol. The topological polar surface area (TPSA) is 102 Å². The van der Waals surface area contributed by atoms with Gasteiger partial charge in [0.25, 0.3) is 0 Å². The van der Waals surface area contributed by atoms with Crippen LogP contribution in [0.15, 0.2) is 29.2 Å². The number of rotatable bonds is 8. The van der Waals surface area contributed by atoms with E-state index in [2.05, 4.69) is 5.32 Å². The van der Waals surface area contributed by atoms with Gasteiger partial charge in [-0.3, -0.25) is 4.79 Å². The maximum absolute atomic E-state index is 12.6. The first kappa shape index (κ1) is 23.1. The summed E-state index contributed by atoms with van der Waals surface area (Å²) in [5, 5.41) is 3.08. The van der Waals surface area contributed by atoms with Gasteiger partial charge in [0.1, 0.15) is 0 Å². The van der Waals surface area contributed by atoms with Crippen molar-refractivity contribution in [3.63, 3.8) is 0 Å². The Morgan fingerprint density at radius 3 is 2.39 bits per heavy atom. The maximum Gasteiger partial charge on any atom is 0.243 e. The molecule has 1 saturated carbocycles. The normalized spacial score (nSPS) is 20.1. The summed E-state index contributed by atoms with van der Waals surface area (Å²) >= 11 is 0. The molecule has 28 heavy (non-hydrogen) atoms. The van der Waals surface area contributed by atoms with E-state index < -0.39 is 10.0 Å². The summed E-state index contributed by atoms with van der Waals surface area (Å²) in [7, 11) is -3.48. The third-order valence-corrected chi connectivity index (χ3v) is 7.41. The van der Waals surface area contributed by atoms with Gasteiger partial charge in [0.05, 0.1) is 23.6 Å². The molecule has 1 saturated heterocycles.